The maximum atomic E-state index is 14.0. The Morgan fingerprint density at radius 1 is 1.21 bits per heavy atom. The molecule has 0 aliphatic rings. The predicted octanol–water partition coefficient (Wildman–Crippen LogP) is 4.41. The Morgan fingerprint density at radius 3 is 2.46 bits per heavy atom. The van der Waals surface area contributed by atoms with Crippen molar-refractivity contribution in [3.63, 3.8) is 0 Å². The van der Waals surface area contributed by atoms with Crippen molar-refractivity contribution in [2.24, 2.45) is 4.99 Å². The third-order valence-electron chi connectivity index (χ3n) is 3.67. The number of guanidine groups is 1. The average molecular weight is 537 g/mol. The van der Waals surface area contributed by atoms with Crippen LogP contribution in [0.5, 0.6) is 0 Å². The van der Waals surface area contributed by atoms with E-state index in [0.717, 1.165) is 0 Å². The molecular weight excluding hydrogens is 517 g/mol. The number of aliphatic hydroxyl groups is 1. The van der Waals surface area contributed by atoms with Crippen molar-refractivity contribution in [2.75, 3.05) is 13.1 Å². The van der Waals surface area contributed by atoms with Gasteiger partial charge in [0.15, 0.2) is 5.96 Å². The maximum absolute atomic E-state index is 14.0. The van der Waals surface area contributed by atoms with Crippen LogP contribution in [0.1, 0.15) is 29.7 Å². The molecule has 0 saturated heterocycles. The molecule has 0 aliphatic carbocycles. The van der Waals surface area contributed by atoms with E-state index in [1.807, 2.05) is 13.0 Å². The molecule has 0 spiro atoms. The highest BCUT2D eigenvalue weighted by atomic mass is 127. The van der Waals surface area contributed by atoms with Crippen LogP contribution in [0, 0.1) is 17.1 Å². The fourth-order valence-electron chi connectivity index (χ4n) is 2.33. The lowest BCUT2D eigenvalue weighted by molar-refractivity contribution is 0.181. The molecule has 0 saturated carbocycles. The molecule has 0 bridgehead atoms. The Hall–Kier alpha value is -1.60. The van der Waals surface area contributed by atoms with E-state index >= 15 is 0 Å². The van der Waals surface area contributed by atoms with E-state index in [0.29, 0.717) is 33.7 Å². The summed E-state index contributed by atoms with van der Waals surface area (Å²) in [5.41, 5.74) is 1.20. The second-order valence-corrected chi connectivity index (χ2v) is 6.59. The van der Waals surface area contributed by atoms with Crippen molar-refractivity contribution in [3.05, 3.63) is 69.0 Å². The summed E-state index contributed by atoms with van der Waals surface area (Å²) in [4.78, 5) is 4.31. The van der Waals surface area contributed by atoms with Crippen molar-refractivity contribution in [1.82, 2.24) is 10.6 Å². The van der Waals surface area contributed by atoms with Gasteiger partial charge < -0.3 is 15.7 Å². The van der Waals surface area contributed by atoms with Gasteiger partial charge >= 0.3 is 0 Å². The van der Waals surface area contributed by atoms with Gasteiger partial charge in [-0.25, -0.2) is 9.38 Å². The number of nitrogens with zero attached hydrogens (tertiary/aromatic N) is 2. The number of aliphatic imine (C=N–C) groups is 1. The van der Waals surface area contributed by atoms with Gasteiger partial charge in [0.1, 0.15) is 5.82 Å². The smallest absolute Gasteiger partial charge is 0.191 e. The largest absolute Gasteiger partial charge is 0.387 e. The summed E-state index contributed by atoms with van der Waals surface area (Å²) in [5.74, 6) is -0.0595. The van der Waals surface area contributed by atoms with E-state index in [4.69, 9.17) is 28.5 Å². The first kappa shape index (κ1) is 24.4. The molecule has 0 amide bonds. The summed E-state index contributed by atoms with van der Waals surface area (Å²) >= 11 is 11.9. The zero-order valence-electron chi connectivity index (χ0n) is 15.0. The third kappa shape index (κ3) is 7.43. The van der Waals surface area contributed by atoms with Crippen LogP contribution in [0.25, 0.3) is 0 Å². The van der Waals surface area contributed by atoms with Crippen molar-refractivity contribution < 1.29 is 9.50 Å². The van der Waals surface area contributed by atoms with Crippen LogP contribution < -0.4 is 10.6 Å². The van der Waals surface area contributed by atoms with Crippen LogP contribution in [0.3, 0.4) is 0 Å². The average Bonchev–Trinajstić information content (AvgIpc) is 2.63. The van der Waals surface area contributed by atoms with Crippen molar-refractivity contribution in [1.29, 1.82) is 5.26 Å². The highest BCUT2D eigenvalue weighted by Gasteiger charge is 2.11. The summed E-state index contributed by atoms with van der Waals surface area (Å²) in [6.45, 7) is 2.75. The first-order valence-corrected chi connectivity index (χ1v) is 9.03. The van der Waals surface area contributed by atoms with Crippen molar-refractivity contribution in [3.8, 4) is 6.07 Å². The van der Waals surface area contributed by atoms with Crippen LogP contribution in [0.4, 0.5) is 4.39 Å². The van der Waals surface area contributed by atoms with Gasteiger partial charge in [-0.05, 0) is 42.8 Å². The molecule has 2 rings (SSSR count). The normalized spacial score (nSPS) is 11.9. The first-order valence-electron chi connectivity index (χ1n) is 8.27. The second-order valence-electron chi connectivity index (χ2n) is 5.71. The first-order chi connectivity index (χ1) is 12.9. The minimum Gasteiger partial charge on any atom is -0.387 e. The van der Waals surface area contributed by atoms with Crippen LogP contribution in [-0.2, 0) is 6.54 Å². The number of nitriles is 1. The fourth-order valence-corrected chi connectivity index (χ4v) is 2.87. The molecule has 9 heteroatoms. The van der Waals surface area contributed by atoms with Gasteiger partial charge in [0, 0.05) is 28.7 Å². The van der Waals surface area contributed by atoms with Gasteiger partial charge in [-0.3, -0.25) is 0 Å². The molecule has 0 aromatic heterocycles. The fraction of sp³-hybridized carbons (Fsp3) is 0.263. The molecule has 2 aromatic carbocycles. The van der Waals surface area contributed by atoms with Gasteiger partial charge in [0.25, 0.3) is 0 Å². The maximum Gasteiger partial charge on any atom is 0.191 e. The Kier molecular flexibility index (Phi) is 10.5. The lowest BCUT2D eigenvalue weighted by Crippen LogP contribution is -2.39. The summed E-state index contributed by atoms with van der Waals surface area (Å²) < 4.78 is 14.0. The van der Waals surface area contributed by atoms with E-state index in [1.54, 1.807) is 24.3 Å². The molecule has 0 fully saturated rings. The van der Waals surface area contributed by atoms with Gasteiger partial charge in [-0.15, -0.1) is 24.0 Å². The molecule has 5 nitrogen and oxygen atoms in total. The summed E-state index contributed by atoms with van der Waals surface area (Å²) in [7, 11) is 0. The quantitative estimate of drug-likeness (QED) is 0.290. The molecule has 0 radical (unpaired) electrons. The summed E-state index contributed by atoms with van der Waals surface area (Å²) in [5, 5.41) is 26.0. The third-order valence-corrected chi connectivity index (χ3v) is 4.10. The minimum absolute atomic E-state index is 0. The highest BCUT2D eigenvalue weighted by molar-refractivity contribution is 14.0. The number of hydrogen-bond acceptors (Lipinski definition) is 3. The Bertz CT molecular complexity index is 853. The predicted molar refractivity (Wildman–Crippen MR) is 121 cm³/mol. The van der Waals surface area contributed by atoms with E-state index in [2.05, 4.69) is 15.6 Å². The molecule has 1 atom stereocenters. The number of aliphatic hydroxyl groups excluding tert-OH is 1. The SMILES string of the molecule is CCNC(=NCc1ccc(C#N)cc1F)NCC(O)c1cc(Cl)cc(Cl)c1.I. The zero-order chi connectivity index (χ0) is 19.8. The summed E-state index contributed by atoms with van der Waals surface area (Å²) in [6, 6.07) is 11.0. The second kappa shape index (κ2) is 12.1. The Balaban J connectivity index is 0.00000392. The van der Waals surface area contributed by atoms with E-state index < -0.39 is 11.9 Å². The van der Waals surface area contributed by atoms with Gasteiger partial charge in [0.2, 0.25) is 0 Å². The molecule has 0 aliphatic heterocycles. The van der Waals surface area contributed by atoms with Crippen molar-refractivity contribution >= 4 is 53.1 Å². The van der Waals surface area contributed by atoms with Crippen LogP contribution >= 0.6 is 47.2 Å². The zero-order valence-corrected chi connectivity index (χ0v) is 18.9. The Morgan fingerprint density at radius 2 is 1.89 bits per heavy atom. The standard InChI is InChI=1S/C19H19Cl2FN4O.HI/c1-2-24-19(25-10-13-4-3-12(9-23)5-17(13)22)26-11-18(27)14-6-15(20)8-16(21)7-14;/h3-8,18,27H,2,10-11H2,1H3,(H2,24,25,26);1H. The lowest BCUT2D eigenvalue weighted by Gasteiger charge is -2.16. The van der Waals surface area contributed by atoms with E-state index in [1.165, 1.54) is 12.1 Å². The summed E-state index contributed by atoms with van der Waals surface area (Å²) in [6.07, 6.45) is -0.850. The van der Waals surface area contributed by atoms with Gasteiger partial charge in [-0.1, -0.05) is 29.3 Å². The van der Waals surface area contributed by atoms with Crippen LogP contribution in [0.2, 0.25) is 10.0 Å². The van der Waals surface area contributed by atoms with Gasteiger partial charge in [0.05, 0.1) is 24.3 Å². The Labute approximate surface area is 190 Å². The molecule has 3 N–H and O–H groups in total. The van der Waals surface area contributed by atoms with Crippen LogP contribution in [0.15, 0.2) is 41.4 Å². The topological polar surface area (TPSA) is 80.4 Å². The van der Waals surface area contributed by atoms with Gasteiger partial charge in [-0.2, -0.15) is 5.26 Å². The number of nitrogens with one attached hydrogen (secondary N) is 2. The lowest BCUT2D eigenvalue weighted by atomic mass is 10.1. The molecular formula is C19H20Cl2FIN4O. The molecule has 28 heavy (non-hydrogen) atoms. The highest BCUT2D eigenvalue weighted by Crippen LogP contribution is 2.23. The van der Waals surface area contributed by atoms with E-state index in [-0.39, 0.29) is 42.6 Å². The minimum atomic E-state index is -0.850. The number of rotatable bonds is 6. The molecule has 0 heterocycles. The number of benzene rings is 2. The van der Waals surface area contributed by atoms with E-state index in [9.17, 15) is 9.50 Å². The van der Waals surface area contributed by atoms with Crippen molar-refractivity contribution in [2.45, 2.75) is 19.6 Å². The van der Waals surface area contributed by atoms with Crippen LogP contribution in [-0.4, -0.2) is 24.2 Å². The number of hydrogen-bond donors (Lipinski definition) is 3. The molecule has 150 valence electrons. The monoisotopic (exact) mass is 536 g/mol. The molecule has 1 unspecified atom stereocenters. The number of halogens is 4. The molecule has 2 aromatic rings.